The van der Waals surface area contributed by atoms with E-state index in [4.69, 9.17) is 0 Å². The van der Waals surface area contributed by atoms with Crippen LogP contribution in [-0.4, -0.2) is 19.0 Å². The van der Waals surface area contributed by atoms with E-state index < -0.39 is 0 Å². The van der Waals surface area contributed by atoms with E-state index in [-0.39, 0.29) is 11.8 Å². The van der Waals surface area contributed by atoms with Crippen LogP contribution in [0.5, 0.6) is 0 Å². The van der Waals surface area contributed by atoms with Crippen LogP contribution in [0.4, 0.5) is 0 Å². The number of hydrogen-bond donors (Lipinski definition) is 2. The van der Waals surface area contributed by atoms with Crippen molar-refractivity contribution in [2.75, 3.05) is 13.1 Å². The van der Waals surface area contributed by atoms with Crippen molar-refractivity contribution in [1.82, 2.24) is 10.6 Å². The summed E-state index contributed by atoms with van der Waals surface area (Å²) in [7, 11) is 0. The molecule has 1 unspecified atom stereocenters. The van der Waals surface area contributed by atoms with E-state index in [2.05, 4.69) is 17.2 Å². The Bertz CT molecular complexity index is 183. The second kappa shape index (κ2) is 4.26. The first-order valence-corrected chi connectivity index (χ1v) is 4.37. The largest absolute Gasteiger partial charge is 0.330 e. The van der Waals surface area contributed by atoms with Crippen LogP contribution in [0.1, 0.15) is 19.8 Å². The Hall–Kier alpha value is -0.830. The third-order valence-electron chi connectivity index (χ3n) is 2.00. The summed E-state index contributed by atoms with van der Waals surface area (Å²) in [5, 5.41) is 5.94. The molecule has 1 saturated heterocycles. The van der Waals surface area contributed by atoms with Crippen molar-refractivity contribution >= 4 is 5.91 Å². The maximum atomic E-state index is 11.4. The maximum Gasteiger partial charge on any atom is 0.228 e. The maximum absolute atomic E-state index is 11.4. The minimum absolute atomic E-state index is 0.106. The van der Waals surface area contributed by atoms with Gasteiger partial charge in [0.2, 0.25) is 5.91 Å². The monoisotopic (exact) mass is 168 g/mol. The molecule has 2 N–H and O–H groups in total. The molecule has 1 atom stereocenters. The average Bonchev–Trinajstić information content (AvgIpc) is 2.05. The molecule has 0 aromatic carbocycles. The Balaban J connectivity index is 2.34. The minimum atomic E-state index is 0.106. The summed E-state index contributed by atoms with van der Waals surface area (Å²) in [5.74, 6) is 0.241. The highest BCUT2D eigenvalue weighted by atomic mass is 16.1. The van der Waals surface area contributed by atoms with Crippen LogP contribution in [-0.2, 0) is 4.79 Å². The Labute approximate surface area is 73.2 Å². The van der Waals surface area contributed by atoms with Gasteiger partial charge in [-0.25, -0.2) is 0 Å². The van der Waals surface area contributed by atoms with Crippen LogP contribution in [0.15, 0.2) is 12.3 Å². The predicted octanol–water partition coefficient (Wildman–Crippen LogP) is 0.636. The van der Waals surface area contributed by atoms with Crippen LogP contribution < -0.4 is 10.6 Å². The van der Waals surface area contributed by atoms with Gasteiger partial charge in [-0.05, 0) is 26.3 Å². The minimum Gasteiger partial charge on any atom is -0.330 e. The average molecular weight is 168 g/mol. The first-order chi connectivity index (χ1) is 5.70. The summed E-state index contributed by atoms with van der Waals surface area (Å²) < 4.78 is 0. The highest BCUT2D eigenvalue weighted by molar-refractivity contribution is 5.80. The Morgan fingerprint density at radius 3 is 2.92 bits per heavy atom. The second-order valence-corrected chi connectivity index (χ2v) is 3.31. The second-order valence-electron chi connectivity index (χ2n) is 3.31. The van der Waals surface area contributed by atoms with Crippen molar-refractivity contribution < 1.29 is 4.79 Å². The van der Waals surface area contributed by atoms with E-state index in [1.807, 2.05) is 0 Å². The zero-order valence-corrected chi connectivity index (χ0v) is 7.52. The molecule has 1 heterocycles. The molecule has 0 aliphatic carbocycles. The van der Waals surface area contributed by atoms with Gasteiger partial charge in [0.05, 0.1) is 5.92 Å². The summed E-state index contributed by atoms with van der Waals surface area (Å²) in [6.45, 7) is 7.28. The van der Waals surface area contributed by atoms with Crippen LogP contribution in [0, 0.1) is 5.92 Å². The van der Waals surface area contributed by atoms with Gasteiger partial charge >= 0.3 is 0 Å². The molecule has 0 saturated carbocycles. The van der Waals surface area contributed by atoms with Crippen molar-refractivity contribution in [3.8, 4) is 0 Å². The van der Waals surface area contributed by atoms with E-state index in [1.54, 1.807) is 6.92 Å². The predicted molar refractivity (Wildman–Crippen MR) is 48.6 cm³/mol. The van der Waals surface area contributed by atoms with Gasteiger partial charge in [0.25, 0.3) is 0 Å². The Kier molecular flexibility index (Phi) is 3.29. The number of carbonyl (C=O) groups is 1. The fourth-order valence-electron chi connectivity index (χ4n) is 1.39. The molecule has 3 heteroatoms. The number of hydrogen-bond acceptors (Lipinski definition) is 2. The van der Waals surface area contributed by atoms with E-state index in [1.165, 1.54) is 0 Å². The van der Waals surface area contributed by atoms with E-state index >= 15 is 0 Å². The zero-order chi connectivity index (χ0) is 8.97. The molecule has 68 valence electrons. The molecule has 1 aliphatic heterocycles. The number of amides is 1. The molecule has 1 rings (SSSR count). The molecular weight excluding hydrogens is 152 g/mol. The quantitative estimate of drug-likeness (QED) is 0.635. The fourth-order valence-corrected chi connectivity index (χ4v) is 1.39. The standard InChI is InChI=1S/C9H16N2O/c1-7(2)11-9(12)8-4-3-5-10-6-8/h8,10H,1,3-6H2,2H3,(H,11,12). The summed E-state index contributed by atoms with van der Waals surface area (Å²) in [6.07, 6.45) is 2.08. The lowest BCUT2D eigenvalue weighted by atomic mass is 9.99. The topological polar surface area (TPSA) is 41.1 Å². The molecule has 12 heavy (non-hydrogen) atoms. The normalized spacial score (nSPS) is 23.2. The van der Waals surface area contributed by atoms with E-state index in [0.717, 1.165) is 31.6 Å². The van der Waals surface area contributed by atoms with Gasteiger partial charge in [-0.1, -0.05) is 6.58 Å². The lowest BCUT2D eigenvalue weighted by Crippen LogP contribution is -2.39. The molecule has 0 radical (unpaired) electrons. The smallest absolute Gasteiger partial charge is 0.228 e. The molecule has 3 nitrogen and oxygen atoms in total. The van der Waals surface area contributed by atoms with Crippen molar-refractivity contribution in [2.45, 2.75) is 19.8 Å². The summed E-state index contributed by atoms with van der Waals surface area (Å²) >= 11 is 0. The number of allylic oxidation sites excluding steroid dienone is 1. The molecule has 0 aromatic heterocycles. The fraction of sp³-hybridized carbons (Fsp3) is 0.667. The first-order valence-electron chi connectivity index (χ1n) is 4.37. The number of piperidine rings is 1. The van der Waals surface area contributed by atoms with Crippen LogP contribution in [0.3, 0.4) is 0 Å². The third kappa shape index (κ3) is 2.66. The van der Waals surface area contributed by atoms with Crippen molar-refractivity contribution in [2.24, 2.45) is 5.92 Å². The van der Waals surface area contributed by atoms with Gasteiger partial charge in [0.1, 0.15) is 0 Å². The molecule has 0 bridgehead atoms. The third-order valence-corrected chi connectivity index (χ3v) is 2.00. The molecule has 1 fully saturated rings. The SMILES string of the molecule is C=C(C)NC(=O)C1CCCNC1. The van der Waals surface area contributed by atoms with Gasteiger partial charge in [-0.3, -0.25) is 4.79 Å². The van der Waals surface area contributed by atoms with Crippen LogP contribution in [0.25, 0.3) is 0 Å². The van der Waals surface area contributed by atoms with Gasteiger partial charge in [0.15, 0.2) is 0 Å². The highest BCUT2D eigenvalue weighted by Gasteiger charge is 2.20. The van der Waals surface area contributed by atoms with Gasteiger partial charge in [0, 0.05) is 12.2 Å². The van der Waals surface area contributed by atoms with Gasteiger partial charge < -0.3 is 10.6 Å². The summed E-state index contributed by atoms with van der Waals surface area (Å²) in [4.78, 5) is 11.4. The van der Waals surface area contributed by atoms with Crippen LogP contribution in [0.2, 0.25) is 0 Å². The molecular formula is C9H16N2O. The summed E-state index contributed by atoms with van der Waals surface area (Å²) in [6, 6.07) is 0. The van der Waals surface area contributed by atoms with Crippen molar-refractivity contribution in [1.29, 1.82) is 0 Å². The van der Waals surface area contributed by atoms with Crippen LogP contribution >= 0.6 is 0 Å². The molecule has 0 spiro atoms. The summed E-state index contributed by atoms with van der Waals surface area (Å²) in [5.41, 5.74) is 0.727. The van der Waals surface area contributed by atoms with Crippen molar-refractivity contribution in [3.05, 3.63) is 12.3 Å². The number of nitrogens with one attached hydrogen (secondary N) is 2. The van der Waals surface area contributed by atoms with Gasteiger partial charge in [-0.2, -0.15) is 0 Å². The molecule has 0 aromatic rings. The first kappa shape index (κ1) is 9.26. The van der Waals surface area contributed by atoms with Gasteiger partial charge in [-0.15, -0.1) is 0 Å². The van der Waals surface area contributed by atoms with E-state index in [0.29, 0.717) is 0 Å². The molecule has 1 aliphatic rings. The lowest BCUT2D eigenvalue weighted by Gasteiger charge is -2.21. The highest BCUT2D eigenvalue weighted by Crippen LogP contribution is 2.09. The number of carbonyl (C=O) groups excluding carboxylic acids is 1. The Morgan fingerprint density at radius 1 is 1.67 bits per heavy atom. The number of rotatable bonds is 2. The Morgan fingerprint density at radius 2 is 2.42 bits per heavy atom. The lowest BCUT2D eigenvalue weighted by molar-refractivity contribution is -0.124. The molecule has 1 amide bonds. The van der Waals surface area contributed by atoms with E-state index in [9.17, 15) is 4.79 Å². The van der Waals surface area contributed by atoms with Crippen molar-refractivity contribution in [3.63, 3.8) is 0 Å². The zero-order valence-electron chi connectivity index (χ0n) is 7.52.